The van der Waals surface area contributed by atoms with Crippen LogP contribution in [0.1, 0.15) is 36.7 Å². The summed E-state index contributed by atoms with van der Waals surface area (Å²) in [6, 6.07) is 0. The molecule has 0 spiro atoms. The molecule has 0 aliphatic carbocycles. The molecular formula is C18H28N6OS. The zero-order chi connectivity index (χ0) is 18.7. The Balaban J connectivity index is 1.69. The number of piperazine rings is 1. The van der Waals surface area contributed by atoms with E-state index < -0.39 is 0 Å². The summed E-state index contributed by atoms with van der Waals surface area (Å²) < 4.78 is 1.82. The lowest BCUT2D eigenvalue weighted by molar-refractivity contribution is -0.129. The average Bonchev–Trinajstić information content (AvgIpc) is 3.03. The quantitative estimate of drug-likeness (QED) is 0.718. The zero-order valence-electron chi connectivity index (χ0n) is 16.2. The summed E-state index contributed by atoms with van der Waals surface area (Å²) in [6.45, 7) is 9.78. The minimum atomic E-state index is 0.159. The summed E-state index contributed by atoms with van der Waals surface area (Å²) in [4.78, 5) is 25.7. The van der Waals surface area contributed by atoms with Crippen molar-refractivity contribution in [1.29, 1.82) is 0 Å². The van der Waals surface area contributed by atoms with Gasteiger partial charge < -0.3 is 9.80 Å². The molecule has 1 amide bonds. The molecule has 0 unspecified atom stereocenters. The van der Waals surface area contributed by atoms with Crippen LogP contribution in [0.2, 0.25) is 0 Å². The maximum Gasteiger partial charge on any atom is 0.253 e. The number of aromatic nitrogens is 4. The largest absolute Gasteiger partial charge is 0.339 e. The van der Waals surface area contributed by atoms with Crippen molar-refractivity contribution < 1.29 is 4.79 Å². The van der Waals surface area contributed by atoms with Crippen LogP contribution < -0.4 is 0 Å². The number of unbranched alkanes of at least 4 members (excludes halogenated alkanes) is 1. The van der Waals surface area contributed by atoms with Gasteiger partial charge in [0.25, 0.3) is 5.78 Å². The molecule has 0 aromatic carbocycles. The Kier molecular flexibility index (Phi) is 6.13. The van der Waals surface area contributed by atoms with Gasteiger partial charge in [-0.1, -0.05) is 25.1 Å². The van der Waals surface area contributed by atoms with Gasteiger partial charge in [-0.05, 0) is 39.3 Å². The van der Waals surface area contributed by atoms with Crippen molar-refractivity contribution in [1.82, 2.24) is 29.4 Å². The number of carbonyl (C=O) groups is 1. The molecule has 1 fully saturated rings. The summed E-state index contributed by atoms with van der Waals surface area (Å²) in [5.41, 5.74) is 3.39. The van der Waals surface area contributed by atoms with Gasteiger partial charge in [0.2, 0.25) is 11.1 Å². The smallest absolute Gasteiger partial charge is 0.253 e. The lowest BCUT2D eigenvalue weighted by Crippen LogP contribution is -2.47. The summed E-state index contributed by atoms with van der Waals surface area (Å²) in [5.74, 6) is 1.16. The molecule has 7 nitrogen and oxygen atoms in total. The molecule has 0 N–H and O–H groups in total. The van der Waals surface area contributed by atoms with Crippen LogP contribution in [0.3, 0.4) is 0 Å². The van der Waals surface area contributed by atoms with Crippen molar-refractivity contribution >= 4 is 23.4 Å². The predicted octanol–water partition coefficient (Wildman–Crippen LogP) is 1.95. The van der Waals surface area contributed by atoms with Crippen LogP contribution in [0, 0.1) is 13.8 Å². The number of nitrogens with zero attached hydrogens (tertiary/aromatic N) is 6. The fourth-order valence-electron chi connectivity index (χ4n) is 3.24. The van der Waals surface area contributed by atoms with Crippen molar-refractivity contribution in [3.05, 3.63) is 17.0 Å². The molecule has 1 saturated heterocycles. The summed E-state index contributed by atoms with van der Waals surface area (Å²) >= 11 is 1.40. The Morgan fingerprint density at radius 3 is 2.58 bits per heavy atom. The molecule has 0 bridgehead atoms. The topological polar surface area (TPSA) is 66.6 Å². The van der Waals surface area contributed by atoms with E-state index in [1.54, 1.807) is 0 Å². The van der Waals surface area contributed by atoms with E-state index in [9.17, 15) is 4.79 Å². The Labute approximate surface area is 159 Å². The SMILES string of the molecule is CCCCc1c(C)nc2nc(SCC(=O)N3CCN(C)CC3)nn2c1C. The van der Waals surface area contributed by atoms with Crippen molar-refractivity contribution in [3.63, 3.8) is 0 Å². The molecule has 0 saturated carbocycles. The van der Waals surface area contributed by atoms with E-state index in [2.05, 4.69) is 40.9 Å². The molecule has 0 atom stereocenters. The number of likely N-dealkylation sites (N-methyl/N-ethyl adjacent to an activating group) is 1. The first-order valence-corrected chi connectivity index (χ1v) is 10.3. The first-order valence-electron chi connectivity index (χ1n) is 9.31. The molecule has 1 aliphatic heterocycles. The fraction of sp³-hybridized carbons (Fsp3) is 0.667. The minimum Gasteiger partial charge on any atom is -0.339 e. The molecule has 3 rings (SSSR count). The molecule has 2 aromatic rings. The Hall–Kier alpha value is -1.67. The van der Waals surface area contributed by atoms with Gasteiger partial charge in [-0.3, -0.25) is 4.79 Å². The number of thioether (sulfide) groups is 1. The Morgan fingerprint density at radius 2 is 1.88 bits per heavy atom. The summed E-state index contributed by atoms with van der Waals surface area (Å²) in [7, 11) is 2.09. The molecular weight excluding hydrogens is 348 g/mol. The maximum absolute atomic E-state index is 12.4. The Morgan fingerprint density at radius 1 is 1.15 bits per heavy atom. The lowest BCUT2D eigenvalue weighted by Gasteiger charge is -2.32. The standard InChI is InChI=1S/C18H28N6OS/c1-5-6-7-15-13(2)19-17-20-18(21-24(17)14(15)3)26-12-16(25)23-10-8-22(4)9-11-23/h5-12H2,1-4H3. The van der Waals surface area contributed by atoms with E-state index >= 15 is 0 Å². The monoisotopic (exact) mass is 376 g/mol. The number of rotatable bonds is 6. The van der Waals surface area contributed by atoms with Crippen molar-refractivity contribution in [2.45, 2.75) is 45.2 Å². The molecule has 3 heterocycles. The van der Waals surface area contributed by atoms with Crippen molar-refractivity contribution in [2.75, 3.05) is 39.0 Å². The second-order valence-corrected chi connectivity index (χ2v) is 7.89. The van der Waals surface area contributed by atoms with Gasteiger partial charge in [0.05, 0.1) is 5.75 Å². The van der Waals surface area contributed by atoms with Crippen LogP contribution in [0.5, 0.6) is 0 Å². The number of hydrogen-bond donors (Lipinski definition) is 0. The third-order valence-electron chi connectivity index (χ3n) is 4.99. The van der Waals surface area contributed by atoms with E-state index in [-0.39, 0.29) is 5.91 Å². The molecule has 0 radical (unpaired) electrons. The number of fused-ring (bicyclic) bond motifs is 1. The number of carbonyl (C=O) groups excluding carboxylic acids is 1. The first kappa shape index (κ1) is 19.1. The average molecular weight is 377 g/mol. The number of hydrogen-bond acceptors (Lipinski definition) is 6. The third-order valence-corrected chi connectivity index (χ3v) is 5.81. The minimum absolute atomic E-state index is 0.159. The van der Waals surface area contributed by atoms with Crippen molar-refractivity contribution in [2.24, 2.45) is 0 Å². The zero-order valence-corrected chi connectivity index (χ0v) is 17.0. The Bertz CT molecular complexity index is 782. The van der Waals surface area contributed by atoms with Crippen LogP contribution in [-0.4, -0.2) is 74.3 Å². The number of aryl methyl sites for hydroxylation is 2. The maximum atomic E-state index is 12.4. The van der Waals surface area contributed by atoms with Crippen LogP contribution >= 0.6 is 11.8 Å². The molecule has 8 heteroatoms. The highest BCUT2D eigenvalue weighted by Gasteiger charge is 2.20. The van der Waals surface area contributed by atoms with E-state index in [1.807, 2.05) is 16.3 Å². The molecule has 142 valence electrons. The van der Waals surface area contributed by atoms with Gasteiger partial charge in [-0.25, -0.2) is 9.50 Å². The van der Waals surface area contributed by atoms with Gasteiger partial charge in [0, 0.05) is 37.6 Å². The van der Waals surface area contributed by atoms with Crippen LogP contribution in [0.4, 0.5) is 0 Å². The highest BCUT2D eigenvalue weighted by atomic mass is 32.2. The van der Waals surface area contributed by atoms with E-state index in [0.29, 0.717) is 16.7 Å². The van der Waals surface area contributed by atoms with Gasteiger partial charge in [-0.15, -0.1) is 5.10 Å². The first-order chi connectivity index (χ1) is 12.5. The van der Waals surface area contributed by atoms with Crippen LogP contribution in [-0.2, 0) is 11.2 Å². The fourth-order valence-corrected chi connectivity index (χ4v) is 3.96. The lowest BCUT2D eigenvalue weighted by atomic mass is 10.1. The van der Waals surface area contributed by atoms with Gasteiger partial charge in [-0.2, -0.15) is 4.98 Å². The summed E-state index contributed by atoms with van der Waals surface area (Å²) in [5, 5.41) is 5.20. The second kappa shape index (κ2) is 8.35. The van der Waals surface area contributed by atoms with E-state index in [1.165, 1.54) is 17.3 Å². The summed E-state index contributed by atoms with van der Waals surface area (Å²) in [6.07, 6.45) is 3.32. The van der Waals surface area contributed by atoms with Crippen molar-refractivity contribution in [3.8, 4) is 0 Å². The molecule has 26 heavy (non-hydrogen) atoms. The van der Waals surface area contributed by atoms with Gasteiger partial charge in [0.15, 0.2) is 0 Å². The third kappa shape index (κ3) is 4.17. The molecule has 2 aromatic heterocycles. The second-order valence-electron chi connectivity index (χ2n) is 6.94. The van der Waals surface area contributed by atoms with Gasteiger partial charge in [0.1, 0.15) is 0 Å². The predicted molar refractivity (Wildman–Crippen MR) is 104 cm³/mol. The van der Waals surface area contributed by atoms with E-state index in [4.69, 9.17) is 0 Å². The highest BCUT2D eigenvalue weighted by molar-refractivity contribution is 7.99. The van der Waals surface area contributed by atoms with Gasteiger partial charge >= 0.3 is 0 Å². The molecule has 1 aliphatic rings. The normalized spacial score (nSPS) is 15.8. The number of amides is 1. The van der Waals surface area contributed by atoms with E-state index in [0.717, 1.165) is 56.8 Å². The van der Waals surface area contributed by atoms with Crippen LogP contribution in [0.25, 0.3) is 5.78 Å². The highest BCUT2D eigenvalue weighted by Crippen LogP contribution is 2.20. The van der Waals surface area contributed by atoms with Crippen LogP contribution in [0.15, 0.2) is 5.16 Å².